The molecule has 1 aromatic rings. The van der Waals surface area contributed by atoms with Gasteiger partial charge >= 0.3 is 0 Å². The van der Waals surface area contributed by atoms with Crippen LogP contribution in [0.25, 0.3) is 0 Å². The van der Waals surface area contributed by atoms with Crippen LogP contribution in [-0.4, -0.2) is 36.0 Å². The normalized spacial score (nSPS) is 10.1. The van der Waals surface area contributed by atoms with Crippen molar-refractivity contribution in [1.82, 2.24) is 15.3 Å². The summed E-state index contributed by atoms with van der Waals surface area (Å²) in [5.41, 5.74) is 1.04. The highest BCUT2D eigenvalue weighted by molar-refractivity contribution is 5.76. The van der Waals surface area contributed by atoms with Crippen molar-refractivity contribution in [2.75, 3.05) is 30.8 Å². The van der Waals surface area contributed by atoms with Crippen molar-refractivity contribution >= 4 is 17.5 Å². The molecule has 6 heteroatoms. The second-order valence-corrected chi connectivity index (χ2v) is 4.18. The number of rotatable bonds is 8. The highest BCUT2D eigenvalue weighted by Crippen LogP contribution is 2.19. The van der Waals surface area contributed by atoms with Crippen molar-refractivity contribution in [2.45, 2.75) is 33.1 Å². The van der Waals surface area contributed by atoms with E-state index in [1.165, 1.54) is 6.33 Å². The van der Waals surface area contributed by atoms with Crippen molar-refractivity contribution < 1.29 is 4.79 Å². The average molecular weight is 265 g/mol. The van der Waals surface area contributed by atoms with Crippen LogP contribution in [0.3, 0.4) is 0 Å². The highest BCUT2D eigenvalue weighted by atomic mass is 16.1. The average Bonchev–Trinajstić information content (AvgIpc) is 2.44. The summed E-state index contributed by atoms with van der Waals surface area (Å²) in [6.45, 7) is 5.39. The van der Waals surface area contributed by atoms with Gasteiger partial charge in [0, 0.05) is 32.1 Å². The minimum atomic E-state index is 0.0651. The Balaban J connectivity index is 2.51. The van der Waals surface area contributed by atoms with Gasteiger partial charge in [0.25, 0.3) is 0 Å². The van der Waals surface area contributed by atoms with Crippen LogP contribution < -0.4 is 16.0 Å². The second-order valence-electron chi connectivity index (χ2n) is 4.18. The lowest BCUT2D eigenvalue weighted by Crippen LogP contribution is -2.26. The van der Waals surface area contributed by atoms with Gasteiger partial charge in [-0.25, -0.2) is 9.97 Å². The summed E-state index contributed by atoms with van der Waals surface area (Å²) in [7, 11) is 1.84. The molecule has 0 fully saturated rings. The molecule has 106 valence electrons. The van der Waals surface area contributed by atoms with Crippen LogP contribution in [0.15, 0.2) is 6.33 Å². The Hall–Kier alpha value is -1.85. The molecule has 0 saturated carbocycles. The van der Waals surface area contributed by atoms with Gasteiger partial charge in [0.2, 0.25) is 5.91 Å². The van der Waals surface area contributed by atoms with Gasteiger partial charge in [0.1, 0.15) is 18.0 Å². The van der Waals surface area contributed by atoms with E-state index in [-0.39, 0.29) is 5.91 Å². The number of carbonyl (C=O) groups excluding carboxylic acids is 1. The van der Waals surface area contributed by atoms with Crippen molar-refractivity contribution in [1.29, 1.82) is 0 Å². The molecule has 6 nitrogen and oxygen atoms in total. The molecule has 0 aliphatic heterocycles. The molecule has 0 aromatic carbocycles. The number of amides is 1. The van der Waals surface area contributed by atoms with Crippen LogP contribution in [0.2, 0.25) is 0 Å². The van der Waals surface area contributed by atoms with Crippen LogP contribution >= 0.6 is 0 Å². The molecule has 1 rings (SSSR count). The van der Waals surface area contributed by atoms with Crippen molar-refractivity contribution in [3.05, 3.63) is 11.9 Å². The van der Waals surface area contributed by atoms with Gasteiger partial charge in [-0.3, -0.25) is 4.79 Å². The largest absolute Gasteiger partial charge is 0.373 e. The SMILES string of the molecule is CCCNC(=O)CCNc1ncnc(NC)c1CC. The number of hydrogen-bond donors (Lipinski definition) is 3. The van der Waals surface area contributed by atoms with Gasteiger partial charge in [0.05, 0.1) is 0 Å². The Bertz CT molecular complexity index is 408. The summed E-state index contributed by atoms with van der Waals surface area (Å²) in [5, 5.41) is 9.08. The third-order valence-electron chi connectivity index (χ3n) is 2.75. The quantitative estimate of drug-likeness (QED) is 0.662. The second kappa shape index (κ2) is 8.29. The molecular formula is C13H23N5O. The van der Waals surface area contributed by atoms with E-state index < -0.39 is 0 Å². The van der Waals surface area contributed by atoms with Crippen LogP contribution in [0.5, 0.6) is 0 Å². The van der Waals surface area contributed by atoms with E-state index in [2.05, 4.69) is 32.8 Å². The van der Waals surface area contributed by atoms with Crippen LogP contribution in [0.1, 0.15) is 32.3 Å². The standard InChI is InChI=1S/C13H23N5O/c1-4-7-15-11(19)6-8-16-13-10(5-2)12(14-3)17-9-18-13/h9H,4-8H2,1-3H3,(H,15,19)(H2,14,16,17,18). The zero-order valence-electron chi connectivity index (χ0n) is 11.9. The molecule has 3 N–H and O–H groups in total. The van der Waals surface area contributed by atoms with Gasteiger partial charge < -0.3 is 16.0 Å². The minimum Gasteiger partial charge on any atom is -0.373 e. The Kier molecular flexibility index (Phi) is 6.63. The van der Waals surface area contributed by atoms with E-state index in [4.69, 9.17) is 0 Å². The third kappa shape index (κ3) is 4.73. The van der Waals surface area contributed by atoms with Gasteiger partial charge in [-0.05, 0) is 12.8 Å². The Morgan fingerprint density at radius 1 is 1.21 bits per heavy atom. The molecule has 1 heterocycles. The number of aromatic nitrogens is 2. The zero-order chi connectivity index (χ0) is 14.1. The van der Waals surface area contributed by atoms with Gasteiger partial charge in [-0.2, -0.15) is 0 Å². The highest BCUT2D eigenvalue weighted by Gasteiger charge is 2.08. The minimum absolute atomic E-state index is 0.0651. The van der Waals surface area contributed by atoms with E-state index in [9.17, 15) is 4.79 Å². The molecule has 0 saturated heterocycles. The van der Waals surface area contributed by atoms with Crippen LogP contribution in [0, 0.1) is 0 Å². The summed E-state index contributed by atoms with van der Waals surface area (Å²) >= 11 is 0. The predicted octanol–water partition coefficient (Wildman–Crippen LogP) is 1.41. The third-order valence-corrected chi connectivity index (χ3v) is 2.75. The monoisotopic (exact) mass is 265 g/mol. The molecule has 0 aliphatic carbocycles. The van der Waals surface area contributed by atoms with Crippen LogP contribution in [0.4, 0.5) is 11.6 Å². The number of nitrogens with zero attached hydrogens (tertiary/aromatic N) is 2. The van der Waals surface area contributed by atoms with Crippen molar-refractivity contribution in [3.8, 4) is 0 Å². The number of anilines is 2. The Morgan fingerprint density at radius 2 is 1.95 bits per heavy atom. The summed E-state index contributed by atoms with van der Waals surface area (Å²) in [5.74, 6) is 1.69. The lowest BCUT2D eigenvalue weighted by Gasteiger charge is -2.12. The fraction of sp³-hybridized carbons (Fsp3) is 0.615. The first kappa shape index (κ1) is 15.2. The summed E-state index contributed by atoms with van der Waals surface area (Å²) < 4.78 is 0. The summed E-state index contributed by atoms with van der Waals surface area (Å²) in [6.07, 6.45) is 3.75. The molecule has 19 heavy (non-hydrogen) atoms. The smallest absolute Gasteiger partial charge is 0.221 e. The van der Waals surface area contributed by atoms with Gasteiger partial charge in [-0.15, -0.1) is 0 Å². The van der Waals surface area contributed by atoms with Crippen molar-refractivity contribution in [2.24, 2.45) is 0 Å². The van der Waals surface area contributed by atoms with Crippen LogP contribution in [-0.2, 0) is 11.2 Å². The maximum absolute atomic E-state index is 11.5. The summed E-state index contributed by atoms with van der Waals surface area (Å²) in [4.78, 5) is 19.9. The molecule has 0 aliphatic rings. The van der Waals surface area contributed by atoms with Gasteiger partial charge in [0.15, 0.2) is 0 Å². The number of nitrogens with one attached hydrogen (secondary N) is 3. The molecule has 0 unspecified atom stereocenters. The van der Waals surface area contributed by atoms with E-state index >= 15 is 0 Å². The first-order valence-electron chi connectivity index (χ1n) is 6.75. The maximum atomic E-state index is 11.5. The molecular weight excluding hydrogens is 242 g/mol. The van der Waals surface area contributed by atoms with Gasteiger partial charge in [-0.1, -0.05) is 13.8 Å². The Morgan fingerprint density at radius 3 is 2.58 bits per heavy atom. The Labute approximate surface area is 114 Å². The molecule has 1 amide bonds. The van der Waals surface area contributed by atoms with E-state index in [1.807, 2.05) is 14.0 Å². The molecule has 0 bridgehead atoms. The van der Waals surface area contributed by atoms with E-state index in [0.29, 0.717) is 13.0 Å². The fourth-order valence-electron chi connectivity index (χ4n) is 1.76. The maximum Gasteiger partial charge on any atom is 0.221 e. The zero-order valence-corrected chi connectivity index (χ0v) is 11.9. The number of carbonyl (C=O) groups is 1. The predicted molar refractivity (Wildman–Crippen MR) is 77.4 cm³/mol. The van der Waals surface area contributed by atoms with E-state index in [0.717, 1.165) is 36.6 Å². The number of hydrogen-bond acceptors (Lipinski definition) is 5. The summed E-state index contributed by atoms with van der Waals surface area (Å²) in [6, 6.07) is 0. The van der Waals surface area contributed by atoms with E-state index in [1.54, 1.807) is 0 Å². The lowest BCUT2D eigenvalue weighted by molar-refractivity contribution is -0.120. The molecule has 1 aromatic heterocycles. The molecule has 0 radical (unpaired) electrons. The molecule has 0 spiro atoms. The molecule has 0 atom stereocenters. The lowest BCUT2D eigenvalue weighted by atomic mass is 10.2. The van der Waals surface area contributed by atoms with Crippen molar-refractivity contribution in [3.63, 3.8) is 0 Å². The first-order valence-corrected chi connectivity index (χ1v) is 6.75. The first-order chi connectivity index (χ1) is 9.22. The topological polar surface area (TPSA) is 78.9 Å². The fourth-order valence-corrected chi connectivity index (χ4v) is 1.76.